The second-order valence-corrected chi connectivity index (χ2v) is 6.11. The first-order chi connectivity index (χ1) is 12.1. The number of aryl methyl sites for hydroxylation is 2. The molecule has 1 aromatic carbocycles. The Bertz CT molecular complexity index is 963. The molecule has 0 fully saturated rings. The van der Waals surface area contributed by atoms with Crippen LogP contribution in [-0.4, -0.2) is 14.8 Å². The maximum atomic E-state index is 14.4. The van der Waals surface area contributed by atoms with E-state index in [-0.39, 0.29) is 5.56 Å². The Hall–Kier alpha value is -2.63. The summed E-state index contributed by atoms with van der Waals surface area (Å²) in [6, 6.07) is 7.08. The maximum absolute atomic E-state index is 14.4. The molecule has 0 N–H and O–H groups in total. The Balaban J connectivity index is 1.97. The average Bonchev–Trinajstić information content (AvgIpc) is 3.19. The van der Waals surface area contributed by atoms with Crippen molar-refractivity contribution in [1.82, 2.24) is 14.8 Å². The molecular formula is C19H16F3N3. The van der Waals surface area contributed by atoms with Gasteiger partial charge in [-0.05, 0) is 37.5 Å². The summed E-state index contributed by atoms with van der Waals surface area (Å²) in [5.41, 5.74) is 3.39. The Morgan fingerprint density at radius 1 is 1.08 bits per heavy atom. The predicted octanol–water partition coefficient (Wildman–Crippen LogP) is 4.54. The highest BCUT2D eigenvalue weighted by Gasteiger charge is 2.27. The summed E-state index contributed by atoms with van der Waals surface area (Å²) in [4.78, 5) is 4.56. The molecule has 3 aromatic rings. The Morgan fingerprint density at radius 3 is 2.68 bits per heavy atom. The summed E-state index contributed by atoms with van der Waals surface area (Å²) < 4.78 is 43.4. The van der Waals surface area contributed by atoms with Crippen LogP contribution in [0.15, 0.2) is 30.3 Å². The number of hydrogen-bond acceptors (Lipinski definition) is 2. The summed E-state index contributed by atoms with van der Waals surface area (Å²) in [7, 11) is 0. The average molecular weight is 343 g/mol. The van der Waals surface area contributed by atoms with E-state index in [1.807, 2.05) is 23.7 Å². The highest BCUT2D eigenvalue weighted by molar-refractivity contribution is 5.82. The van der Waals surface area contributed by atoms with E-state index in [0.717, 1.165) is 36.8 Å². The van der Waals surface area contributed by atoms with Gasteiger partial charge in [-0.1, -0.05) is 13.0 Å². The van der Waals surface area contributed by atoms with Crippen molar-refractivity contribution >= 4 is 0 Å². The van der Waals surface area contributed by atoms with Gasteiger partial charge in [0, 0.05) is 35.1 Å². The molecule has 0 bridgehead atoms. The molecule has 0 amide bonds. The number of hydrogen-bond donors (Lipinski definition) is 0. The minimum atomic E-state index is -1.20. The van der Waals surface area contributed by atoms with Gasteiger partial charge in [0.15, 0.2) is 11.6 Å². The second kappa shape index (κ2) is 6.02. The predicted molar refractivity (Wildman–Crippen MR) is 88.5 cm³/mol. The van der Waals surface area contributed by atoms with E-state index in [4.69, 9.17) is 0 Å². The van der Waals surface area contributed by atoms with Crippen molar-refractivity contribution in [1.29, 1.82) is 0 Å². The van der Waals surface area contributed by atoms with Crippen LogP contribution >= 0.6 is 0 Å². The molecule has 0 unspecified atom stereocenters. The van der Waals surface area contributed by atoms with Gasteiger partial charge in [0.25, 0.3) is 0 Å². The van der Waals surface area contributed by atoms with Crippen molar-refractivity contribution in [2.45, 2.75) is 32.7 Å². The molecule has 25 heavy (non-hydrogen) atoms. The highest BCUT2D eigenvalue weighted by Crippen LogP contribution is 2.38. The molecule has 0 saturated carbocycles. The lowest BCUT2D eigenvalue weighted by Crippen LogP contribution is -1.96. The topological polar surface area (TPSA) is 30.7 Å². The molecule has 0 spiro atoms. The minimum absolute atomic E-state index is 0.0285. The zero-order valence-electron chi connectivity index (χ0n) is 13.7. The molecule has 3 heterocycles. The first kappa shape index (κ1) is 15.9. The van der Waals surface area contributed by atoms with Crippen LogP contribution in [0.1, 0.15) is 24.7 Å². The Morgan fingerprint density at radius 2 is 1.88 bits per heavy atom. The third-order valence-electron chi connectivity index (χ3n) is 4.53. The van der Waals surface area contributed by atoms with Gasteiger partial charge in [-0.3, -0.25) is 9.67 Å². The fourth-order valence-electron chi connectivity index (χ4n) is 3.32. The lowest BCUT2D eigenvalue weighted by molar-refractivity contribution is 0.496. The number of fused-ring (bicyclic) bond motifs is 1. The molecule has 0 radical (unpaired) electrons. The normalized spacial score (nSPS) is 13.3. The third kappa shape index (κ3) is 2.62. The molecule has 1 aliphatic rings. The maximum Gasteiger partial charge on any atom is 0.161 e. The van der Waals surface area contributed by atoms with Crippen LogP contribution in [-0.2, 0) is 19.4 Å². The van der Waals surface area contributed by atoms with E-state index >= 15 is 0 Å². The van der Waals surface area contributed by atoms with Gasteiger partial charge < -0.3 is 0 Å². The molecule has 0 saturated heterocycles. The van der Waals surface area contributed by atoms with E-state index in [2.05, 4.69) is 10.1 Å². The molecule has 3 nitrogen and oxygen atoms in total. The van der Waals surface area contributed by atoms with Gasteiger partial charge in [0.2, 0.25) is 0 Å². The lowest BCUT2D eigenvalue weighted by atomic mass is 9.99. The fraction of sp³-hybridized carbons (Fsp3) is 0.263. The second-order valence-electron chi connectivity index (χ2n) is 6.11. The van der Waals surface area contributed by atoms with Crippen LogP contribution in [0, 0.1) is 17.5 Å². The fourth-order valence-corrected chi connectivity index (χ4v) is 3.32. The summed E-state index contributed by atoms with van der Waals surface area (Å²) in [5, 5.41) is 4.58. The Labute approximate surface area is 143 Å². The number of halogens is 3. The quantitative estimate of drug-likeness (QED) is 0.654. The van der Waals surface area contributed by atoms with Crippen molar-refractivity contribution < 1.29 is 13.2 Å². The van der Waals surface area contributed by atoms with Crippen molar-refractivity contribution in [2.24, 2.45) is 0 Å². The zero-order valence-corrected chi connectivity index (χ0v) is 13.7. The molecule has 1 aliphatic heterocycles. The van der Waals surface area contributed by atoms with E-state index < -0.39 is 17.5 Å². The van der Waals surface area contributed by atoms with Crippen LogP contribution in [0.3, 0.4) is 0 Å². The van der Waals surface area contributed by atoms with Gasteiger partial charge in [-0.15, -0.1) is 0 Å². The molecule has 0 atom stereocenters. The summed E-state index contributed by atoms with van der Waals surface area (Å²) in [5.74, 6) is -3.07. The summed E-state index contributed by atoms with van der Waals surface area (Å²) in [6.45, 7) is 2.72. The van der Waals surface area contributed by atoms with Crippen molar-refractivity contribution in [3.8, 4) is 22.5 Å². The minimum Gasteiger partial charge on any atom is -0.268 e. The standard InChI is InChI=1S/C19H16F3N3/c1-2-11-5-3-6-16(23-11)19-18(17-7-4-8-25(17)24-19)12-9-14(21)15(22)10-13(12)20/h3,5-6,9-10H,2,4,7-8H2,1H3. The van der Waals surface area contributed by atoms with Gasteiger partial charge in [-0.25, -0.2) is 13.2 Å². The van der Waals surface area contributed by atoms with E-state index in [1.54, 1.807) is 6.07 Å². The Kier molecular flexibility index (Phi) is 3.82. The smallest absolute Gasteiger partial charge is 0.161 e. The molecular weight excluding hydrogens is 327 g/mol. The van der Waals surface area contributed by atoms with Crippen LogP contribution in [0.25, 0.3) is 22.5 Å². The lowest BCUT2D eigenvalue weighted by Gasteiger charge is -2.08. The molecule has 2 aromatic heterocycles. The van der Waals surface area contributed by atoms with Gasteiger partial charge in [0.1, 0.15) is 11.5 Å². The molecule has 6 heteroatoms. The first-order valence-corrected chi connectivity index (χ1v) is 8.29. The van der Waals surface area contributed by atoms with Gasteiger partial charge in [0.05, 0.1) is 5.69 Å². The number of pyridine rings is 1. The zero-order chi connectivity index (χ0) is 17.6. The van der Waals surface area contributed by atoms with Crippen LogP contribution in [0.5, 0.6) is 0 Å². The van der Waals surface area contributed by atoms with Crippen molar-refractivity contribution in [2.75, 3.05) is 0 Å². The first-order valence-electron chi connectivity index (χ1n) is 8.29. The summed E-state index contributed by atoms with van der Waals surface area (Å²) in [6.07, 6.45) is 2.37. The van der Waals surface area contributed by atoms with E-state index in [0.29, 0.717) is 29.4 Å². The van der Waals surface area contributed by atoms with Gasteiger partial charge >= 0.3 is 0 Å². The van der Waals surface area contributed by atoms with E-state index in [9.17, 15) is 13.2 Å². The monoisotopic (exact) mass is 343 g/mol. The van der Waals surface area contributed by atoms with Crippen LogP contribution < -0.4 is 0 Å². The number of nitrogens with zero attached hydrogens (tertiary/aromatic N) is 3. The summed E-state index contributed by atoms with van der Waals surface area (Å²) >= 11 is 0. The van der Waals surface area contributed by atoms with Crippen LogP contribution in [0.4, 0.5) is 13.2 Å². The molecule has 128 valence electrons. The molecule has 0 aliphatic carbocycles. The van der Waals surface area contributed by atoms with Crippen molar-refractivity contribution in [3.05, 3.63) is 59.2 Å². The third-order valence-corrected chi connectivity index (χ3v) is 4.53. The van der Waals surface area contributed by atoms with Crippen LogP contribution in [0.2, 0.25) is 0 Å². The van der Waals surface area contributed by atoms with Gasteiger partial charge in [-0.2, -0.15) is 5.10 Å². The SMILES string of the molecule is CCc1cccc(-c2nn3c(c2-c2cc(F)c(F)cc2F)CCC3)n1. The number of benzene rings is 1. The number of aromatic nitrogens is 3. The molecule has 4 rings (SSSR count). The van der Waals surface area contributed by atoms with E-state index in [1.165, 1.54) is 0 Å². The number of rotatable bonds is 3. The van der Waals surface area contributed by atoms with Crippen molar-refractivity contribution in [3.63, 3.8) is 0 Å². The highest BCUT2D eigenvalue weighted by atomic mass is 19.2. The largest absolute Gasteiger partial charge is 0.268 e.